The minimum atomic E-state index is -0.159. The minimum Gasteiger partial charge on any atom is -0.441 e. The maximum atomic E-state index is 12.4. The molecule has 6 heteroatoms. The number of nitrogens with one attached hydrogen (secondary N) is 1. The topological polar surface area (TPSA) is 90.4 Å². The van der Waals surface area contributed by atoms with Gasteiger partial charge < -0.3 is 20.2 Å². The van der Waals surface area contributed by atoms with Gasteiger partial charge in [0, 0.05) is 36.7 Å². The Morgan fingerprint density at radius 3 is 2.68 bits per heavy atom. The van der Waals surface area contributed by atoms with Crippen molar-refractivity contribution in [3.8, 4) is 11.3 Å². The minimum absolute atomic E-state index is 0.00176. The van der Waals surface area contributed by atoms with Crippen LogP contribution < -0.4 is 11.1 Å². The van der Waals surface area contributed by atoms with Gasteiger partial charge in [-0.25, -0.2) is 4.98 Å². The molecule has 6 nitrogen and oxygen atoms in total. The van der Waals surface area contributed by atoms with Crippen LogP contribution in [0.5, 0.6) is 0 Å². The van der Waals surface area contributed by atoms with Crippen molar-refractivity contribution in [2.75, 3.05) is 11.9 Å². The predicted octanol–water partition coefficient (Wildman–Crippen LogP) is 2.88. The van der Waals surface area contributed by atoms with Gasteiger partial charge in [-0.05, 0) is 49.9 Å². The molecule has 0 bridgehead atoms. The molecule has 1 aliphatic heterocycles. The molecule has 1 spiro atoms. The highest BCUT2D eigenvalue weighted by molar-refractivity contribution is 5.93. The second-order valence-electron chi connectivity index (χ2n) is 7.20. The largest absolute Gasteiger partial charge is 0.441 e. The average Bonchev–Trinajstić information content (AvgIpc) is 2.99. The molecule has 2 aromatic rings. The molecule has 1 aliphatic carbocycles. The molecule has 1 unspecified atom stereocenters. The van der Waals surface area contributed by atoms with Crippen LogP contribution in [0.15, 0.2) is 34.9 Å². The van der Waals surface area contributed by atoms with E-state index in [2.05, 4.69) is 10.3 Å². The molecule has 132 valence electrons. The number of hydrogen-bond acceptors (Lipinski definition) is 5. The summed E-state index contributed by atoms with van der Waals surface area (Å²) in [6, 6.07) is 7.80. The van der Waals surface area contributed by atoms with Gasteiger partial charge in [0.2, 0.25) is 5.91 Å². The third-order valence-corrected chi connectivity index (χ3v) is 5.20. The Bertz CT molecular complexity index is 762. The molecular weight excluding hydrogens is 318 g/mol. The Labute approximate surface area is 146 Å². The molecule has 3 N–H and O–H groups in total. The van der Waals surface area contributed by atoms with Crippen LogP contribution in [0.1, 0.15) is 31.6 Å². The molecule has 1 aromatic heterocycles. The van der Waals surface area contributed by atoms with E-state index in [4.69, 9.17) is 14.9 Å². The van der Waals surface area contributed by atoms with Gasteiger partial charge in [-0.1, -0.05) is 0 Å². The van der Waals surface area contributed by atoms with Gasteiger partial charge in [0.1, 0.15) is 0 Å². The number of nitrogens with two attached hydrogens (primary N) is 1. The van der Waals surface area contributed by atoms with E-state index in [9.17, 15) is 4.79 Å². The van der Waals surface area contributed by atoms with Crippen LogP contribution in [0.3, 0.4) is 0 Å². The predicted molar refractivity (Wildman–Crippen MR) is 93.9 cm³/mol. The molecule has 2 aliphatic rings. The SMILES string of the molecule is Cc1ncc(-c2ccc(NC(=O)C3CC4(CC(N)CCO4)C3)cc2)o1. The van der Waals surface area contributed by atoms with Gasteiger partial charge >= 0.3 is 0 Å². The summed E-state index contributed by atoms with van der Waals surface area (Å²) in [7, 11) is 0. The van der Waals surface area contributed by atoms with E-state index >= 15 is 0 Å². The van der Waals surface area contributed by atoms with E-state index in [-0.39, 0.29) is 23.5 Å². The Morgan fingerprint density at radius 2 is 2.04 bits per heavy atom. The summed E-state index contributed by atoms with van der Waals surface area (Å²) in [4.78, 5) is 16.5. The average molecular weight is 341 g/mol. The lowest BCUT2D eigenvalue weighted by Crippen LogP contribution is -2.55. The number of carbonyl (C=O) groups is 1. The second kappa shape index (κ2) is 6.28. The summed E-state index contributed by atoms with van der Waals surface area (Å²) in [6.07, 6.45) is 5.01. The Kier molecular flexibility index (Phi) is 4.09. The third-order valence-electron chi connectivity index (χ3n) is 5.20. The fourth-order valence-corrected chi connectivity index (χ4v) is 3.83. The lowest BCUT2D eigenvalue weighted by Gasteiger charge is -2.50. The quantitative estimate of drug-likeness (QED) is 0.896. The second-order valence-corrected chi connectivity index (χ2v) is 7.20. The number of oxazole rings is 1. The number of anilines is 1. The van der Waals surface area contributed by atoms with Gasteiger partial charge in [0.25, 0.3) is 0 Å². The van der Waals surface area contributed by atoms with Crippen molar-refractivity contribution in [2.24, 2.45) is 11.7 Å². The van der Waals surface area contributed by atoms with Crippen LogP contribution in [0.2, 0.25) is 0 Å². The summed E-state index contributed by atoms with van der Waals surface area (Å²) in [6.45, 7) is 2.52. The van der Waals surface area contributed by atoms with E-state index < -0.39 is 0 Å². The number of benzene rings is 1. The summed E-state index contributed by atoms with van der Waals surface area (Å²) in [5.41, 5.74) is 7.60. The Balaban J connectivity index is 1.34. The van der Waals surface area contributed by atoms with Crippen LogP contribution in [0.4, 0.5) is 5.69 Å². The molecule has 1 saturated carbocycles. The number of hydrogen-bond donors (Lipinski definition) is 2. The lowest BCUT2D eigenvalue weighted by atomic mass is 9.66. The summed E-state index contributed by atoms with van der Waals surface area (Å²) < 4.78 is 11.4. The monoisotopic (exact) mass is 341 g/mol. The summed E-state index contributed by atoms with van der Waals surface area (Å²) in [5.74, 6) is 1.41. The van der Waals surface area contributed by atoms with E-state index in [1.807, 2.05) is 31.2 Å². The van der Waals surface area contributed by atoms with Gasteiger partial charge in [0.15, 0.2) is 11.7 Å². The number of rotatable bonds is 3. The van der Waals surface area contributed by atoms with Gasteiger partial charge in [-0.15, -0.1) is 0 Å². The van der Waals surface area contributed by atoms with Crippen molar-refractivity contribution in [2.45, 2.75) is 44.2 Å². The third kappa shape index (κ3) is 3.32. The van der Waals surface area contributed by atoms with Crippen molar-refractivity contribution in [3.63, 3.8) is 0 Å². The van der Waals surface area contributed by atoms with Crippen LogP contribution in [0.25, 0.3) is 11.3 Å². The van der Waals surface area contributed by atoms with E-state index in [1.54, 1.807) is 6.20 Å². The molecule has 4 rings (SSSR count). The highest BCUT2D eigenvalue weighted by Gasteiger charge is 2.50. The highest BCUT2D eigenvalue weighted by Crippen LogP contribution is 2.46. The maximum absolute atomic E-state index is 12.4. The zero-order valence-electron chi connectivity index (χ0n) is 14.3. The first-order valence-electron chi connectivity index (χ1n) is 8.76. The van der Waals surface area contributed by atoms with Crippen molar-refractivity contribution in [1.82, 2.24) is 4.98 Å². The van der Waals surface area contributed by atoms with Gasteiger partial charge in [0.05, 0.1) is 11.8 Å². The molecule has 1 saturated heterocycles. The van der Waals surface area contributed by atoms with Gasteiger partial charge in [-0.3, -0.25) is 4.79 Å². The van der Waals surface area contributed by atoms with Crippen molar-refractivity contribution >= 4 is 11.6 Å². The number of amides is 1. The van der Waals surface area contributed by atoms with Crippen molar-refractivity contribution in [1.29, 1.82) is 0 Å². The normalized spacial score (nSPS) is 28.6. The number of aryl methyl sites for hydroxylation is 1. The first-order valence-corrected chi connectivity index (χ1v) is 8.76. The highest BCUT2D eigenvalue weighted by atomic mass is 16.5. The number of ether oxygens (including phenoxy) is 1. The molecule has 1 atom stereocenters. The Hall–Kier alpha value is -2.18. The van der Waals surface area contributed by atoms with E-state index in [0.717, 1.165) is 42.7 Å². The molecule has 25 heavy (non-hydrogen) atoms. The molecule has 0 radical (unpaired) electrons. The van der Waals surface area contributed by atoms with Crippen LogP contribution in [-0.2, 0) is 9.53 Å². The first kappa shape index (κ1) is 16.3. The molecule has 1 amide bonds. The molecule has 2 fully saturated rings. The molecular formula is C19H23N3O3. The summed E-state index contributed by atoms with van der Waals surface area (Å²) in [5, 5.41) is 2.99. The zero-order chi connectivity index (χ0) is 17.4. The smallest absolute Gasteiger partial charge is 0.227 e. The van der Waals surface area contributed by atoms with Crippen LogP contribution in [0, 0.1) is 12.8 Å². The van der Waals surface area contributed by atoms with Crippen LogP contribution >= 0.6 is 0 Å². The van der Waals surface area contributed by atoms with Crippen LogP contribution in [-0.4, -0.2) is 29.1 Å². The number of carbonyl (C=O) groups excluding carboxylic acids is 1. The lowest BCUT2D eigenvalue weighted by molar-refractivity contribution is -0.166. The first-order chi connectivity index (χ1) is 12.0. The standard InChI is InChI=1S/C19H23N3O3/c1-12-21-11-17(25-12)13-2-4-16(5-3-13)22-18(23)14-8-19(9-14)10-15(20)6-7-24-19/h2-5,11,14-15H,6-10,20H2,1H3,(H,22,23). The maximum Gasteiger partial charge on any atom is 0.227 e. The fraction of sp³-hybridized carbons (Fsp3) is 0.474. The molecule has 1 aromatic carbocycles. The zero-order valence-corrected chi connectivity index (χ0v) is 14.3. The van der Waals surface area contributed by atoms with E-state index in [1.165, 1.54) is 0 Å². The van der Waals surface area contributed by atoms with Crippen molar-refractivity contribution in [3.05, 3.63) is 36.4 Å². The number of aromatic nitrogens is 1. The van der Waals surface area contributed by atoms with E-state index in [0.29, 0.717) is 12.5 Å². The molecule has 2 heterocycles. The Morgan fingerprint density at radius 1 is 1.28 bits per heavy atom. The summed E-state index contributed by atoms with van der Waals surface area (Å²) >= 11 is 0. The van der Waals surface area contributed by atoms with Crippen molar-refractivity contribution < 1.29 is 13.9 Å². The van der Waals surface area contributed by atoms with Gasteiger partial charge in [-0.2, -0.15) is 0 Å². The number of nitrogens with zero attached hydrogens (tertiary/aromatic N) is 1. The fourth-order valence-electron chi connectivity index (χ4n) is 3.83.